The summed E-state index contributed by atoms with van der Waals surface area (Å²) in [7, 11) is 0. The number of halogens is 2. The second-order valence-corrected chi connectivity index (χ2v) is 9.93. The summed E-state index contributed by atoms with van der Waals surface area (Å²) in [6.45, 7) is 0.805. The van der Waals surface area contributed by atoms with Gasteiger partial charge in [0.1, 0.15) is 6.54 Å². The number of thioether (sulfide) groups is 1. The fourth-order valence-corrected chi connectivity index (χ4v) is 5.30. The molecule has 0 aromatic heterocycles. The van der Waals surface area contributed by atoms with Crippen molar-refractivity contribution in [1.82, 2.24) is 5.01 Å². The first-order valence-electron chi connectivity index (χ1n) is 10.2. The lowest BCUT2D eigenvalue weighted by Gasteiger charge is -2.31. The summed E-state index contributed by atoms with van der Waals surface area (Å²) < 4.78 is 0.969. The standard InChI is InChI=1S/C25H23BrClN3OS/c1-32-17-25(19-5-3-2-4-6-19)16-30(29-24(25)18-7-11-21(27)12-8-18)15-23(31)28-22-13-9-20(26)10-14-22/h2-14H,15-17H2,1H3,(H,28,31). The number of anilines is 1. The number of hydrazone groups is 1. The molecule has 3 aromatic carbocycles. The van der Waals surface area contributed by atoms with Gasteiger partial charge in [0.15, 0.2) is 0 Å². The fraction of sp³-hybridized carbons (Fsp3) is 0.200. The zero-order valence-electron chi connectivity index (χ0n) is 17.6. The van der Waals surface area contributed by atoms with Crippen molar-refractivity contribution in [3.05, 3.63) is 99.5 Å². The minimum Gasteiger partial charge on any atom is -0.324 e. The SMILES string of the molecule is CSCC1(c2ccccc2)CN(CC(=O)Nc2ccc(Br)cc2)N=C1c1ccc(Cl)cc1. The Hall–Kier alpha value is -2.28. The zero-order chi connectivity index (χ0) is 22.6. The first-order valence-corrected chi connectivity index (χ1v) is 12.8. The highest BCUT2D eigenvalue weighted by Crippen LogP contribution is 2.38. The Labute approximate surface area is 206 Å². The smallest absolute Gasteiger partial charge is 0.245 e. The molecule has 164 valence electrons. The highest BCUT2D eigenvalue weighted by Gasteiger charge is 2.44. The number of amides is 1. The molecule has 1 aliphatic rings. The molecule has 0 saturated carbocycles. The molecule has 0 saturated heterocycles. The van der Waals surface area contributed by atoms with Gasteiger partial charge in [-0.25, -0.2) is 0 Å². The van der Waals surface area contributed by atoms with Gasteiger partial charge in [-0.1, -0.05) is 70.0 Å². The van der Waals surface area contributed by atoms with E-state index in [4.69, 9.17) is 16.7 Å². The van der Waals surface area contributed by atoms with Gasteiger partial charge in [0.25, 0.3) is 0 Å². The number of nitrogens with zero attached hydrogens (tertiary/aromatic N) is 2. The summed E-state index contributed by atoms with van der Waals surface area (Å²) in [5.74, 6) is 0.753. The Morgan fingerprint density at radius 3 is 2.44 bits per heavy atom. The molecule has 0 aliphatic carbocycles. The first-order chi connectivity index (χ1) is 15.5. The van der Waals surface area contributed by atoms with Crippen molar-refractivity contribution in [2.75, 3.05) is 30.4 Å². The number of benzene rings is 3. The minimum atomic E-state index is -0.327. The maximum Gasteiger partial charge on any atom is 0.245 e. The average molecular weight is 529 g/mol. The van der Waals surface area contributed by atoms with Gasteiger partial charge in [0.2, 0.25) is 5.91 Å². The van der Waals surface area contributed by atoms with Crippen molar-refractivity contribution >= 4 is 56.6 Å². The highest BCUT2D eigenvalue weighted by atomic mass is 79.9. The molecular formula is C25H23BrClN3OS. The molecule has 1 atom stereocenters. The molecule has 1 amide bonds. The molecular weight excluding hydrogens is 506 g/mol. The number of nitrogens with one attached hydrogen (secondary N) is 1. The molecule has 3 aromatic rings. The molecule has 4 nitrogen and oxygen atoms in total. The van der Waals surface area contributed by atoms with Crippen LogP contribution in [0, 0.1) is 0 Å². The fourth-order valence-electron chi connectivity index (χ4n) is 4.02. The van der Waals surface area contributed by atoms with Gasteiger partial charge in [-0.15, -0.1) is 0 Å². The van der Waals surface area contributed by atoms with E-state index in [1.54, 1.807) is 11.8 Å². The highest BCUT2D eigenvalue weighted by molar-refractivity contribution is 9.10. The van der Waals surface area contributed by atoms with E-state index in [0.717, 1.165) is 27.2 Å². The molecule has 32 heavy (non-hydrogen) atoms. The molecule has 0 bridgehead atoms. The Morgan fingerprint density at radius 1 is 1.09 bits per heavy atom. The Balaban J connectivity index is 1.65. The van der Waals surface area contributed by atoms with Crippen LogP contribution < -0.4 is 5.32 Å². The van der Waals surface area contributed by atoms with Crippen LogP contribution in [0.1, 0.15) is 11.1 Å². The molecule has 7 heteroatoms. The van der Waals surface area contributed by atoms with E-state index in [9.17, 15) is 4.79 Å². The number of hydrogen-bond acceptors (Lipinski definition) is 4. The van der Waals surface area contributed by atoms with Gasteiger partial charge in [-0.2, -0.15) is 16.9 Å². The third-order valence-electron chi connectivity index (χ3n) is 5.44. The Bertz CT molecular complexity index is 1110. The lowest BCUT2D eigenvalue weighted by atomic mass is 9.76. The molecule has 1 aliphatic heterocycles. The zero-order valence-corrected chi connectivity index (χ0v) is 20.8. The largest absolute Gasteiger partial charge is 0.324 e. The number of hydrogen-bond donors (Lipinski definition) is 1. The van der Waals surface area contributed by atoms with Crippen LogP contribution in [0.3, 0.4) is 0 Å². The second kappa shape index (κ2) is 10.1. The third-order valence-corrected chi connectivity index (χ3v) is 7.00. The quantitative estimate of drug-likeness (QED) is 0.405. The van der Waals surface area contributed by atoms with Crippen LogP contribution >= 0.6 is 39.3 Å². The van der Waals surface area contributed by atoms with E-state index in [0.29, 0.717) is 11.6 Å². The van der Waals surface area contributed by atoms with E-state index in [1.807, 2.05) is 59.6 Å². The van der Waals surface area contributed by atoms with Crippen LogP contribution in [0.2, 0.25) is 5.02 Å². The lowest BCUT2D eigenvalue weighted by molar-refractivity contribution is -0.117. The normalized spacial score (nSPS) is 17.8. The number of carbonyl (C=O) groups excluding carboxylic acids is 1. The molecule has 0 fully saturated rings. The summed E-state index contributed by atoms with van der Waals surface area (Å²) in [5, 5.41) is 10.5. The summed E-state index contributed by atoms with van der Waals surface area (Å²) in [5.41, 5.74) is 3.61. The maximum absolute atomic E-state index is 12.8. The van der Waals surface area contributed by atoms with Gasteiger partial charge in [-0.3, -0.25) is 9.80 Å². The van der Waals surface area contributed by atoms with Crippen LogP contribution in [-0.4, -0.2) is 41.7 Å². The van der Waals surface area contributed by atoms with Crippen molar-refractivity contribution in [2.24, 2.45) is 5.10 Å². The first kappa shape index (κ1) is 22.9. The van der Waals surface area contributed by atoms with Gasteiger partial charge in [0.05, 0.1) is 17.7 Å². The minimum absolute atomic E-state index is 0.0976. The monoisotopic (exact) mass is 527 g/mol. The van der Waals surface area contributed by atoms with E-state index < -0.39 is 0 Å². The van der Waals surface area contributed by atoms with E-state index in [2.05, 4.69) is 51.8 Å². The van der Waals surface area contributed by atoms with Crippen molar-refractivity contribution < 1.29 is 4.79 Å². The van der Waals surface area contributed by atoms with Crippen molar-refractivity contribution in [1.29, 1.82) is 0 Å². The Kier molecular flexibility index (Phi) is 7.23. The predicted molar refractivity (Wildman–Crippen MR) is 139 cm³/mol. The molecule has 4 rings (SSSR count). The topological polar surface area (TPSA) is 44.7 Å². The summed E-state index contributed by atoms with van der Waals surface area (Å²) >= 11 is 11.3. The van der Waals surface area contributed by atoms with Gasteiger partial charge in [0, 0.05) is 20.9 Å². The molecule has 1 heterocycles. The molecule has 0 spiro atoms. The van der Waals surface area contributed by atoms with E-state index >= 15 is 0 Å². The second-order valence-electron chi connectivity index (χ2n) is 7.71. The molecule has 0 radical (unpaired) electrons. The third kappa shape index (κ3) is 5.03. The molecule has 1 N–H and O–H groups in total. The number of rotatable bonds is 7. The van der Waals surface area contributed by atoms with Crippen LogP contribution in [-0.2, 0) is 10.2 Å². The van der Waals surface area contributed by atoms with Crippen molar-refractivity contribution in [3.8, 4) is 0 Å². The van der Waals surface area contributed by atoms with Gasteiger partial charge in [-0.05, 0) is 53.8 Å². The Morgan fingerprint density at radius 2 is 1.78 bits per heavy atom. The van der Waals surface area contributed by atoms with Crippen molar-refractivity contribution in [3.63, 3.8) is 0 Å². The van der Waals surface area contributed by atoms with E-state index in [1.165, 1.54) is 5.56 Å². The van der Waals surface area contributed by atoms with Crippen LogP contribution in [0.5, 0.6) is 0 Å². The van der Waals surface area contributed by atoms with Gasteiger partial charge < -0.3 is 5.32 Å². The average Bonchev–Trinajstić information content (AvgIpc) is 3.15. The van der Waals surface area contributed by atoms with Gasteiger partial charge >= 0.3 is 0 Å². The summed E-state index contributed by atoms with van der Waals surface area (Å²) in [6, 6.07) is 25.8. The van der Waals surface area contributed by atoms with E-state index in [-0.39, 0.29) is 17.9 Å². The summed E-state index contributed by atoms with van der Waals surface area (Å²) in [4.78, 5) is 12.8. The van der Waals surface area contributed by atoms with Crippen LogP contribution in [0.4, 0.5) is 5.69 Å². The lowest BCUT2D eigenvalue weighted by Crippen LogP contribution is -2.42. The number of carbonyl (C=O) groups is 1. The predicted octanol–water partition coefficient (Wildman–Crippen LogP) is 6.06. The van der Waals surface area contributed by atoms with Crippen LogP contribution in [0.15, 0.2) is 88.4 Å². The van der Waals surface area contributed by atoms with Crippen LogP contribution in [0.25, 0.3) is 0 Å². The maximum atomic E-state index is 12.8. The molecule has 1 unspecified atom stereocenters. The summed E-state index contributed by atoms with van der Waals surface area (Å²) in [6.07, 6.45) is 2.10. The van der Waals surface area contributed by atoms with Crippen molar-refractivity contribution in [2.45, 2.75) is 5.41 Å².